The van der Waals surface area contributed by atoms with Crippen molar-refractivity contribution in [1.82, 2.24) is 15.5 Å². The highest BCUT2D eigenvalue weighted by molar-refractivity contribution is 6.06. The van der Waals surface area contributed by atoms with Crippen LogP contribution in [0.15, 0.2) is 18.2 Å². The number of rotatable bonds is 6. The summed E-state index contributed by atoms with van der Waals surface area (Å²) in [4.78, 5) is 51.9. The number of imide groups is 1. The number of nitrogens with one attached hydrogen (secondary N) is 2. The van der Waals surface area contributed by atoms with Crippen LogP contribution in [0.25, 0.3) is 0 Å². The van der Waals surface area contributed by atoms with Gasteiger partial charge < -0.3 is 19.9 Å². The van der Waals surface area contributed by atoms with E-state index in [1.807, 2.05) is 44.9 Å². The second-order valence-corrected chi connectivity index (χ2v) is 8.91. The van der Waals surface area contributed by atoms with Crippen molar-refractivity contribution >= 4 is 29.5 Å². The van der Waals surface area contributed by atoms with Crippen molar-refractivity contribution in [1.29, 1.82) is 0 Å². The van der Waals surface area contributed by atoms with E-state index in [1.54, 1.807) is 11.0 Å². The molecular weight excluding hydrogens is 400 g/mol. The summed E-state index contributed by atoms with van der Waals surface area (Å²) in [6, 6.07) is 4.91. The molecule has 1 aromatic rings. The lowest BCUT2D eigenvalue weighted by Crippen LogP contribution is -2.52. The molecule has 0 aromatic heterocycles. The molecule has 0 spiro atoms. The summed E-state index contributed by atoms with van der Waals surface area (Å²) < 4.78 is 5.23. The first kappa shape index (κ1) is 22.6. The number of ether oxygens (including phenoxy) is 1. The molecule has 168 valence electrons. The van der Waals surface area contributed by atoms with Gasteiger partial charge in [-0.25, -0.2) is 4.79 Å². The molecule has 0 aliphatic carbocycles. The third-order valence-corrected chi connectivity index (χ3v) is 5.31. The minimum absolute atomic E-state index is 0.189. The third kappa shape index (κ3) is 5.34. The topological polar surface area (TPSA) is 108 Å². The Hall–Kier alpha value is -3.10. The Balaban J connectivity index is 1.60. The van der Waals surface area contributed by atoms with Gasteiger partial charge in [-0.05, 0) is 45.7 Å². The minimum Gasteiger partial charge on any atom is -0.444 e. The smallest absolute Gasteiger partial charge is 0.407 e. The van der Waals surface area contributed by atoms with Crippen molar-refractivity contribution in [3.05, 3.63) is 29.3 Å². The molecule has 1 aromatic carbocycles. The summed E-state index contributed by atoms with van der Waals surface area (Å²) in [6.45, 7) is 6.91. The summed E-state index contributed by atoms with van der Waals surface area (Å²) in [7, 11) is 1.93. The quantitative estimate of drug-likeness (QED) is 0.526. The lowest BCUT2D eigenvalue weighted by Gasteiger charge is -2.29. The Morgan fingerprint density at radius 2 is 2.03 bits per heavy atom. The van der Waals surface area contributed by atoms with Gasteiger partial charge in [0.2, 0.25) is 11.8 Å². The number of amides is 4. The maximum atomic E-state index is 12.9. The lowest BCUT2D eigenvalue weighted by molar-refractivity contribution is -0.136. The first-order valence-corrected chi connectivity index (χ1v) is 10.5. The molecule has 0 saturated carbocycles. The van der Waals surface area contributed by atoms with Gasteiger partial charge in [0.25, 0.3) is 5.91 Å². The molecule has 3 rings (SSSR count). The molecule has 2 heterocycles. The van der Waals surface area contributed by atoms with Crippen molar-refractivity contribution in [3.8, 4) is 0 Å². The van der Waals surface area contributed by atoms with E-state index in [0.717, 1.165) is 11.3 Å². The van der Waals surface area contributed by atoms with Crippen LogP contribution in [0.5, 0.6) is 0 Å². The standard InChI is InChI=1S/C22H30N4O5/c1-22(2,3)31-21(30)23-11-6-12-25(4)16-8-5-7-14-15(16)13-26(20(14)29)17-9-10-18(27)24-19(17)28/h5,7-8,17H,6,9-13H2,1-4H3,(H,23,30)(H,24,27,28). The van der Waals surface area contributed by atoms with Crippen LogP contribution >= 0.6 is 0 Å². The normalized spacial score (nSPS) is 18.5. The van der Waals surface area contributed by atoms with Crippen LogP contribution in [-0.4, -0.2) is 60.5 Å². The highest BCUT2D eigenvalue weighted by atomic mass is 16.6. The molecule has 2 aliphatic heterocycles. The molecule has 0 bridgehead atoms. The van der Waals surface area contributed by atoms with E-state index in [1.165, 1.54) is 0 Å². The molecule has 1 saturated heterocycles. The number of piperidine rings is 1. The Labute approximate surface area is 182 Å². The molecule has 4 amide bonds. The van der Waals surface area contributed by atoms with Gasteiger partial charge in [-0.15, -0.1) is 0 Å². The fraction of sp³-hybridized carbons (Fsp3) is 0.545. The number of hydrogen-bond donors (Lipinski definition) is 2. The van der Waals surface area contributed by atoms with Gasteiger partial charge in [0.1, 0.15) is 11.6 Å². The van der Waals surface area contributed by atoms with Crippen LogP contribution in [0.4, 0.5) is 10.5 Å². The summed E-state index contributed by atoms with van der Waals surface area (Å²) in [5.74, 6) is -0.905. The number of hydrogen-bond acceptors (Lipinski definition) is 6. The number of alkyl carbamates (subject to hydrolysis) is 1. The molecule has 1 unspecified atom stereocenters. The van der Waals surface area contributed by atoms with Crippen LogP contribution in [0.1, 0.15) is 56.0 Å². The van der Waals surface area contributed by atoms with Gasteiger partial charge in [-0.2, -0.15) is 0 Å². The van der Waals surface area contributed by atoms with Gasteiger partial charge in [-0.1, -0.05) is 6.07 Å². The van der Waals surface area contributed by atoms with Crippen molar-refractivity contribution in [2.24, 2.45) is 0 Å². The monoisotopic (exact) mass is 430 g/mol. The third-order valence-electron chi connectivity index (χ3n) is 5.31. The number of carbonyl (C=O) groups excluding carboxylic acids is 4. The van der Waals surface area contributed by atoms with E-state index in [-0.39, 0.29) is 18.2 Å². The van der Waals surface area contributed by atoms with E-state index >= 15 is 0 Å². The zero-order chi connectivity index (χ0) is 22.8. The van der Waals surface area contributed by atoms with Crippen LogP contribution in [-0.2, 0) is 20.9 Å². The molecular formula is C22H30N4O5. The molecule has 31 heavy (non-hydrogen) atoms. The SMILES string of the molecule is CN(CCCNC(=O)OC(C)(C)C)c1cccc2c1CN(C1CCC(=O)NC1=O)C2=O. The maximum Gasteiger partial charge on any atom is 0.407 e. The summed E-state index contributed by atoms with van der Waals surface area (Å²) in [5, 5.41) is 5.06. The molecule has 9 nitrogen and oxygen atoms in total. The summed E-state index contributed by atoms with van der Waals surface area (Å²) >= 11 is 0. The zero-order valence-electron chi connectivity index (χ0n) is 18.5. The predicted molar refractivity (Wildman–Crippen MR) is 115 cm³/mol. The first-order chi connectivity index (χ1) is 14.6. The van der Waals surface area contributed by atoms with Crippen LogP contribution in [0, 0.1) is 0 Å². The Kier molecular flexibility index (Phi) is 6.52. The molecule has 9 heteroatoms. The second-order valence-electron chi connectivity index (χ2n) is 8.91. The van der Waals surface area contributed by atoms with Gasteiger partial charge in [-0.3, -0.25) is 19.7 Å². The second kappa shape index (κ2) is 8.95. The minimum atomic E-state index is -0.631. The molecule has 1 atom stereocenters. The van der Waals surface area contributed by atoms with Crippen LogP contribution in [0.3, 0.4) is 0 Å². The van der Waals surface area contributed by atoms with Crippen molar-refractivity contribution in [2.75, 3.05) is 25.0 Å². The largest absolute Gasteiger partial charge is 0.444 e. The van der Waals surface area contributed by atoms with Crippen molar-refractivity contribution in [3.63, 3.8) is 0 Å². The number of anilines is 1. The van der Waals surface area contributed by atoms with Gasteiger partial charge in [0, 0.05) is 49.9 Å². The van der Waals surface area contributed by atoms with E-state index in [0.29, 0.717) is 38.0 Å². The van der Waals surface area contributed by atoms with Crippen LogP contribution < -0.4 is 15.5 Å². The fourth-order valence-corrected chi connectivity index (χ4v) is 3.87. The summed E-state index contributed by atoms with van der Waals surface area (Å²) in [5.41, 5.74) is 1.84. The Bertz CT molecular complexity index is 892. The van der Waals surface area contributed by atoms with Crippen molar-refractivity contribution < 1.29 is 23.9 Å². The molecule has 1 fully saturated rings. The van der Waals surface area contributed by atoms with E-state index in [4.69, 9.17) is 4.74 Å². The lowest BCUT2D eigenvalue weighted by atomic mass is 10.0. The predicted octanol–water partition coefficient (Wildman–Crippen LogP) is 1.80. The molecule has 2 N–H and O–H groups in total. The average molecular weight is 431 g/mol. The maximum absolute atomic E-state index is 12.9. The number of benzene rings is 1. The van der Waals surface area contributed by atoms with E-state index in [9.17, 15) is 19.2 Å². The molecule has 0 radical (unpaired) electrons. The highest BCUT2D eigenvalue weighted by Gasteiger charge is 2.40. The first-order valence-electron chi connectivity index (χ1n) is 10.5. The highest BCUT2D eigenvalue weighted by Crippen LogP contribution is 2.33. The van der Waals surface area contributed by atoms with Gasteiger partial charge >= 0.3 is 6.09 Å². The van der Waals surface area contributed by atoms with Gasteiger partial charge in [0.05, 0.1) is 0 Å². The van der Waals surface area contributed by atoms with Crippen molar-refractivity contribution in [2.45, 2.75) is 58.2 Å². The number of carbonyl (C=O) groups is 4. The summed E-state index contributed by atoms with van der Waals surface area (Å²) in [6.07, 6.45) is 0.825. The Morgan fingerprint density at radius 1 is 1.29 bits per heavy atom. The zero-order valence-corrected chi connectivity index (χ0v) is 18.5. The van der Waals surface area contributed by atoms with E-state index < -0.39 is 23.6 Å². The fourth-order valence-electron chi connectivity index (χ4n) is 3.87. The van der Waals surface area contributed by atoms with Crippen LogP contribution in [0.2, 0.25) is 0 Å². The number of nitrogens with zero attached hydrogens (tertiary/aromatic N) is 2. The van der Waals surface area contributed by atoms with E-state index in [2.05, 4.69) is 10.6 Å². The average Bonchev–Trinajstić information content (AvgIpc) is 3.00. The Morgan fingerprint density at radius 3 is 2.71 bits per heavy atom. The molecule has 2 aliphatic rings. The number of fused-ring (bicyclic) bond motifs is 1. The van der Waals surface area contributed by atoms with Gasteiger partial charge in [0.15, 0.2) is 0 Å².